The molecule has 21 heavy (non-hydrogen) atoms. The zero-order valence-electron chi connectivity index (χ0n) is 12.2. The molecule has 110 valence electrons. The van der Waals surface area contributed by atoms with Crippen molar-refractivity contribution in [3.05, 3.63) is 42.2 Å². The quantitative estimate of drug-likeness (QED) is 0.918. The van der Waals surface area contributed by atoms with Gasteiger partial charge in [-0.2, -0.15) is 5.10 Å². The van der Waals surface area contributed by atoms with Gasteiger partial charge in [-0.25, -0.2) is 4.68 Å². The lowest BCUT2D eigenvalue weighted by molar-refractivity contribution is 0.0927. The van der Waals surface area contributed by atoms with Gasteiger partial charge in [0, 0.05) is 6.04 Å². The highest BCUT2D eigenvalue weighted by molar-refractivity contribution is 5.95. The van der Waals surface area contributed by atoms with E-state index in [1.54, 1.807) is 18.0 Å². The molecule has 0 radical (unpaired) electrons. The molecule has 0 aliphatic heterocycles. The molecule has 0 spiro atoms. The Morgan fingerprint density at radius 1 is 1.38 bits per heavy atom. The SMILES string of the molecule is COc1cn(-c2ccccc2)nc1C(=O)NC(C)C1CC1. The molecular weight excluding hydrogens is 266 g/mol. The number of methoxy groups -OCH3 is 1. The van der Waals surface area contributed by atoms with Gasteiger partial charge in [0.25, 0.3) is 5.91 Å². The van der Waals surface area contributed by atoms with Crippen molar-refractivity contribution >= 4 is 5.91 Å². The zero-order chi connectivity index (χ0) is 14.8. The van der Waals surface area contributed by atoms with Crippen LogP contribution >= 0.6 is 0 Å². The van der Waals surface area contributed by atoms with E-state index in [0.717, 1.165) is 5.69 Å². The van der Waals surface area contributed by atoms with Crippen LogP contribution in [0.15, 0.2) is 36.5 Å². The van der Waals surface area contributed by atoms with Gasteiger partial charge in [-0.3, -0.25) is 4.79 Å². The average molecular weight is 285 g/mol. The number of hydrogen-bond acceptors (Lipinski definition) is 3. The summed E-state index contributed by atoms with van der Waals surface area (Å²) in [5, 5.41) is 7.37. The second kappa shape index (κ2) is 5.60. The number of amides is 1. The van der Waals surface area contributed by atoms with E-state index in [1.807, 2.05) is 37.3 Å². The maximum absolute atomic E-state index is 12.3. The third-order valence-electron chi connectivity index (χ3n) is 3.82. The summed E-state index contributed by atoms with van der Waals surface area (Å²) >= 11 is 0. The summed E-state index contributed by atoms with van der Waals surface area (Å²) in [5.41, 5.74) is 1.22. The van der Waals surface area contributed by atoms with Gasteiger partial charge in [-0.1, -0.05) is 18.2 Å². The van der Waals surface area contributed by atoms with Crippen LogP contribution < -0.4 is 10.1 Å². The smallest absolute Gasteiger partial charge is 0.275 e. The molecule has 3 rings (SSSR count). The van der Waals surface area contributed by atoms with Gasteiger partial charge in [-0.05, 0) is 37.8 Å². The first kappa shape index (κ1) is 13.7. The molecule has 1 aliphatic carbocycles. The summed E-state index contributed by atoms with van der Waals surface area (Å²) in [6, 6.07) is 9.84. The molecular formula is C16H19N3O2. The minimum Gasteiger partial charge on any atom is -0.493 e. The molecule has 1 aromatic carbocycles. The number of carbonyl (C=O) groups excluding carboxylic acids is 1. The Balaban J connectivity index is 1.84. The lowest BCUT2D eigenvalue weighted by Gasteiger charge is -2.11. The molecule has 1 fully saturated rings. The molecule has 1 N–H and O–H groups in total. The van der Waals surface area contributed by atoms with Gasteiger partial charge >= 0.3 is 0 Å². The number of nitrogens with one attached hydrogen (secondary N) is 1. The molecule has 1 atom stereocenters. The second-order valence-corrected chi connectivity index (χ2v) is 5.43. The van der Waals surface area contributed by atoms with Crippen molar-refractivity contribution in [2.24, 2.45) is 5.92 Å². The highest BCUT2D eigenvalue weighted by Crippen LogP contribution is 2.32. The van der Waals surface area contributed by atoms with Crippen LogP contribution in [0.3, 0.4) is 0 Å². The monoisotopic (exact) mass is 285 g/mol. The van der Waals surface area contributed by atoms with Crippen molar-refractivity contribution in [3.63, 3.8) is 0 Å². The van der Waals surface area contributed by atoms with Gasteiger partial charge in [-0.15, -0.1) is 0 Å². The summed E-state index contributed by atoms with van der Waals surface area (Å²) in [7, 11) is 1.55. The topological polar surface area (TPSA) is 56.2 Å². The number of ether oxygens (including phenoxy) is 1. The Kier molecular flexibility index (Phi) is 3.64. The lowest BCUT2D eigenvalue weighted by Crippen LogP contribution is -2.34. The van der Waals surface area contributed by atoms with Crippen LogP contribution in [0, 0.1) is 5.92 Å². The van der Waals surface area contributed by atoms with E-state index in [0.29, 0.717) is 17.4 Å². The maximum Gasteiger partial charge on any atom is 0.275 e. The minimum atomic E-state index is -0.180. The third kappa shape index (κ3) is 2.91. The van der Waals surface area contributed by atoms with Crippen LogP contribution in [-0.4, -0.2) is 28.8 Å². The Labute approximate surface area is 123 Å². The number of para-hydroxylation sites is 1. The zero-order valence-corrected chi connectivity index (χ0v) is 12.2. The summed E-state index contributed by atoms with van der Waals surface area (Å²) < 4.78 is 6.94. The number of hydrogen-bond donors (Lipinski definition) is 1. The van der Waals surface area contributed by atoms with Gasteiger partial charge < -0.3 is 10.1 Å². The van der Waals surface area contributed by atoms with Crippen LogP contribution in [0.4, 0.5) is 0 Å². The summed E-state index contributed by atoms with van der Waals surface area (Å²) in [4.78, 5) is 12.3. The number of rotatable bonds is 5. The van der Waals surface area contributed by atoms with Gasteiger partial charge in [0.1, 0.15) is 0 Å². The molecule has 5 heteroatoms. The fourth-order valence-electron chi connectivity index (χ4n) is 2.37. The molecule has 1 unspecified atom stereocenters. The molecule has 1 heterocycles. The van der Waals surface area contributed by atoms with Crippen molar-refractivity contribution in [1.29, 1.82) is 0 Å². The summed E-state index contributed by atoms with van der Waals surface area (Å²) in [5.74, 6) is 0.913. The average Bonchev–Trinajstić information content (AvgIpc) is 3.27. The standard InChI is InChI=1S/C16H19N3O2/c1-11(12-8-9-12)17-16(20)15-14(21-2)10-19(18-15)13-6-4-3-5-7-13/h3-7,10-12H,8-9H2,1-2H3,(H,17,20). The minimum absolute atomic E-state index is 0.180. The van der Waals surface area contributed by atoms with Crippen molar-refractivity contribution in [2.75, 3.05) is 7.11 Å². The van der Waals surface area contributed by atoms with Crippen LogP contribution in [0.25, 0.3) is 5.69 Å². The summed E-state index contributed by atoms with van der Waals surface area (Å²) in [6.07, 6.45) is 4.11. The normalized spacial score (nSPS) is 15.5. The van der Waals surface area contributed by atoms with E-state index in [1.165, 1.54) is 12.8 Å². The molecule has 0 saturated heterocycles. The molecule has 5 nitrogen and oxygen atoms in total. The number of nitrogens with zero attached hydrogens (tertiary/aromatic N) is 2. The third-order valence-corrected chi connectivity index (χ3v) is 3.82. The van der Waals surface area contributed by atoms with E-state index in [4.69, 9.17) is 4.74 Å². The number of benzene rings is 1. The van der Waals surface area contributed by atoms with E-state index in [-0.39, 0.29) is 11.9 Å². The van der Waals surface area contributed by atoms with Crippen LogP contribution in [0.2, 0.25) is 0 Å². The second-order valence-electron chi connectivity index (χ2n) is 5.43. The van der Waals surface area contributed by atoms with Crippen LogP contribution in [0.5, 0.6) is 5.75 Å². The first-order valence-corrected chi connectivity index (χ1v) is 7.19. The van der Waals surface area contributed by atoms with Crippen LogP contribution in [-0.2, 0) is 0 Å². The highest BCUT2D eigenvalue weighted by Gasteiger charge is 2.30. The number of carbonyl (C=O) groups is 1. The fraction of sp³-hybridized carbons (Fsp3) is 0.375. The molecule has 1 aliphatic rings. The van der Waals surface area contributed by atoms with Gasteiger partial charge in [0.2, 0.25) is 0 Å². The first-order chi connectivity index (χ1) is 10.2. The van der Waals surface area contributed by atoms with Crippen molar-refractivity contribution < 1.29 is 9.53 Å². The Bertz CT molecular complexity index is 632. The van der Waals surface area contributed by atoms with E-state index < -0.39 is 0 Å². The number of aromatic nitrogens is 2. The van der Waals surface area contributed by atoms with Crippen molar-refractivity contribution in [3.8, 4) is 11.4 Å². The molecule has 1 amide bonds. The van der Waals surface area contributed by atoms with Gasteiger partial charge in [0.05, 0.1) is 19.0 Å². The molecule has 0 bridgehead atoms. The largest absolute Gasteiger partial charge is 0.493 e. The lowest BCUT2D eigenvalue weighted by atomic mass is 10.2. The highest BCUT2D eigenvalue weighted by atomic mass is 16.5. The van der Waals surface area contributed by atoms with E-state index in [9.17, 15) is 4.79 Å². The maximum atomic E-state index is 12.3. The van der Waals surface area contributed by atoms with Crippen LogP contribution in [0.1, 0.15) is 30.3 Å². The predicted octanol–water partition coefficient (Wildman–Crippen LogP) is 2.41. The first-order valence-electron chi connectivity index (χ1n) is 7.19. The van der Waals surface area contributed by atoms with Gasteiger partial charge in [0.15, 0.2) is 11.4 Å². The molecule has 1 saturated carbocycles. The molecule has 1 aromatic heterocycles. The van der Waals surface area contributed by atoms with Crippen molar-refractivity contribution in [1.82, 2.24) is 15.1 Å². The van der Waals surface area contributed by atoms with E-state index >= 15 is 0 Å². The van der Waals surface area contributed by atoms with E-state index in [2.05, 4.69) is 10.4 Å². The Morgan fingerprint density at radius 2 is 2.10 bits per heavy atom. The Morgan fingerprint density at radius 3 is 2.71 bits per heavy atom. The summed E-state index contributed by atoms with van der Waals surface area (Å²) in [6.45, 7) is 2.04. The van der Waals surface area contributed by atoms with Crippen molar-refractivity contribution in [2.45, 2.75) is 25.8 Å². The molecule has 2 aromatic rings. The fourth-order valence-corrected chi connectivity index (χ4v) is 2.37. The Hall–Kier alpha value is -2.30. The predicted molar refractivity (Wildman–Crippen MR) is 79.8 cm³/mol.